The first-order valence-electron chi connectivity index (χ1n) is 10.7. The van der Waals surface area contributed by atoms with Crippen molar-refractivity contribution in [2.45, 2.75) is 25.7 Å². The van der Waals surface area contributed by atoms with Gasteiger partial charge < -0.3 is 19.6 Å². The summed E-state index contributed by atoms with van der Waals surface area (Å²) in [4.78, 5) is 52.7. The molecule has 1 spiro atoms. The maximum Gasteiger partial charge on any atom is 0.407 e. The normalized spacial score (nSPS) is 20.8. The molecule has 32 heavy (non-hydrogen) atoms. The fourth-order valence-corrected chi connectivity index (χ4v) is 4.65. The SMILES string of the molecule is COc1ccc(C(=O)N2CCC3([CH]CN(C(=O)O)CC3)CC2)cc1N1CCC(=O)NC1=O. The maximum atomic E-state index is 13.2. The lowest BCUT2D eigenvalue weighted by molar-refractivity contribution is -0.120. The van der Waals surface area contributed by atoms with Crippen molar-refractivity contribution >= 4 is 29.6 Å². The summed E-state index contributed by atoms with van der Waals surface area (Å²) in [5.74, 6) is -0.00524. The van der Waals surface area contributed by atoms with Crippen LogP contribution in [-0.4, -0.2) is 78.7 Å². The van der Waals surface area contributed by atoms with Crippen molar-refractivity contribution in [1.29, 1.82) is 0 Å². The molecule has 5 amide bonds. The van der Waals surface area contributed by atoms with Gasteiger partial charge in [-0.2, -0.15) is 0 Å². The molecular weight excluding hydrogens is 416 g/mol. The van der Waals surface area contributed by atoms with Gasteiger partial charge in [0.1, 0.15) is 5.75 Å². The highest BCUT2D eigenvalue weighted by Gasteiger charge is 2.40. The van der Waals surface area contributed by atoms with Crippen LogP contribution in [0.4, 0.5) is 15.3 Å². The minimum absolute atomic E-state index is 0.0216. The van der Waals surface area contributed by atoms with E-state index in [4.69, 9.17) is 9.84 Å². The molecule has 0 atom stereocenters. The topological polar surface area (TPSA) is 119 Å². The van der Waals surface area contributed by atoms with Gasteiger partial charge in [0.2, 0.25) is 5.91 Å². The molecule has 2 N–H and O–H groups in total. The van der Waals surface area contributed by atoms with Crippen molar-refractivity contribution in [3.63, 3.8) is 0 Å². The zero-order valence-corrected chi connectivity index (χ0v) is 18.0. The first-order chi connectivity index (χ1) is 15.3. The number of amides is 5. The number of methoxy groups -OCH3 is 1. The van der Waals surface area contributed by atoms with E-state index in [0.29, 0.717) is 43.2 Å². The van der Waals surface area contributed by atoms with Crippen molar-refractivity contribution in [3.8, 4) is 5.75 Å². The van der Waals surface area contributed by atoms with Crippen LogP contribution in [0.5, 0.6) is 5.75 Å². The summed E-state index contributed by atoms with van der Waals surface area (Å²) in [5.41, 5.74) is 0.879. The van der Waals surface area contributed by atoms with Gasteiger partial charge in [-0.25, -0.2) is 9.59 Å². The van der Waals surface area contributed by atoms with E-state index in [0.717, 1.165) is 19.3 Å². The quantitative estimate of drug-likeness (QED) is 0.737. The van der Waals surface area contributed by atoms with Crippen LogP contribution in [0.25, 0.3) is 0 Å². The highest BCUT2D eigenvalue weighted by Crippen LogP contribution is 2.41. The third kappa shape index (κ3) is 4.21. The number of rotatable bonds is 3. The standard InChI is InChI=1S/C22H27N4O6/c1-32-17-3-2-15(14-16(17)26-9-4-18(27)23-20(26)29)19(28)24-10-5-22(6-11-24)7-12-25(13-8-22)21(30)31/h2-3,7,14H,4-6,8-13H2,1H3,(H,30,31)(H,23,27,29). The van der Waals surface area contributed by atoms with E-state index < -0.39 is 12.1 Å². The molecule has 3 aliphatic rings. The molecule has 1 aromatic carbocycles. The maximum absolute atomic E-state index is 13.2. The largest absolute Gasteiger partial charge is 0.495 e. The average molecular weight is 443 g/mol. The van der Waals surface area contributed by atoms with Crippen molar-refractivity contribution in [2.75, 3.05) is 44.7 Å². The summed E-state index contributed by atoms with van der Waals surface area (Å²) in [7, 11) is 1.49. The summed E-state index contributed by atoms with van der Waals surface area (Å²) < 4.78 is 5.37. The molecule has 171 valence electrons. The molecular formula is C22H27N4O6. The van der Waals surface area contributed by atoms with Crippen molar-refractivity contribution in [2.24, 2.45) is 5.41 Å². The number of anilines is 1. The average Bonchev–Trinajstić information content (AvgIpc) is 2.79. The fraction of sp³-hybridized carbons (Fsp3) is 0.500. The van der Waals surface area contributed by atoms with Gasteiger partial charge in [-0.3, -0.25) is 19.8 Å². The Labute approximate surface area is 186 Å². The van der Waals surface area contributed by atoms with Crippen LogP contribution in [0.15, 0.2) is 18.2 Å². The minimum Gasteiger partial charge on any atom is -0.495 e. The molecule has 10 heteroatoms. The van der Waals surface area contributed by atoms with Gasteiger partial charge in [-0.05, 0) is 49.3 Å². The predicted octanol–water partition coefficient (Wildman–Crippen LogP) is 1.95. The third-order valence-electron chi connectivity index (χ3n) is 6.71. The van der Waals surface area contributed by atoms with Gasteiger partial charge in [0.05, 0.1) is 12.8 Å². The number of carboxylic acid groups (broad SMARTS) is 1. The van der Waals surface area contributed by atoms with Crippen LogP contribution in [0.1, 0.15) is 36.0 Å². The van der Waals surface area contributed by atoms with Crippen LogP contribution in [0, 0.1) is 11.8 Å². The Kier molecular flexibility index (Phi) is 5.94. The number of nitrogens with one attached hydrogen (secondary N) is 1. The Morgan fingerprint density at radius 2 is 1.75 bits per heavy atom. The Balaban J connectivity index is 1.44. The molecule has 0 saturated carbocycles. The number of imide groups is 1. The van der Waals surface area contributed by atoms with Gasteiger partial charge in [-0.1, -0.05) is 0 Å². The Morgan fingerprint density at radius 1 is 1.06 bits per heavy atom. The van der Waals surface area contributed by atoms with E-state index in [1.54, 1.807) is 23.1 Å². The lowest BCUT2D eigenvalue weighted by Gasteiger charge is -2.46. The molecule has 0 bridgehead atoms. The van der Waals surface area contributed by atoms with Crippen LogP contribution >= 0.6 is 0 Å². The van der Waals surface area contributed by atoms with Crippen LogP contribution < -0.4 is 15.0 Å². The molecule has 0 aliphatic carbocycles. The number of nitrogens with zero attached hydrogens (tertiary/aromatic N) is 3. The molecule has 4 rings (SSSR count). The number of hydrogen-bond donors (Lipinski definition) is 2. The first-order valence-corrected chi connectivity index (χ1v) is 10.7. The van der Waals surface area contributed by atoms with Crippen molar-refractivity contribution in [1.82, 2.24) is 15.1 Å². The number of urea groups is 1. The van der Waals surface area contributed by atoms with Crippen molar-refractivity contribution in [3.05, 3.63) is 30.2 Å². The van der Waals surface area contributed by atoms with Crippen molar-refractivity contribution < 1.29 is 29.0 Å². The zero-order valence-electron chi connectivity index (χ0n) is 18.0. The second-order valence-electron chi connectivity index (χ2n) is 8.48. The van der Waals surface area contributed by atoms with Gasteiger partial charge in [0.15, 0.2) is 0 Å². The number of carbonyl (C=O) groups excluding carboxylic acids is 3. The zero-order chi connectivity index (χ0) is 22.9. The Bertz CT molecular complexity index is 930. The van der Waals surface area contributed by atoms with E-state index in [-0.39, 0.29) is 30.2 Å². The number of piperidine rings is 2. The number of ether oxygens (including phenoxy) is 1. The number of carbonyl (C=O) groups is 4. The van der Waals surface area contributed by atoms with E-state index in [2.05, 4.69) is 11.7 Å². The smallest absolute Gasteiger partial charge is 0.407 e. The summed E-state index contributed by atoms with van der Waals surface area (Å²) in [6.45, 7) is 2.33. The van der Waals surface area contributed by atoms with Gasteiger partial charge >= 0.3 is 12.1 Å². The lowest BCUT2D eigenvalue weighted by Crippen LogP contribution is -2.50. The number of hydrogen-bond acceptors (Lipinski definition) is 5. The summed E-state index contributed by atoms with van der Waals surface area (Å²) in [6, 6.07) is 4.44. The lowest BCUT2D eigenvalue weighted by atomic mass is 9.71. The number of benzene rings is 1. The predicted molar refractivity (Wildman–Crippen MR) is 115 cm³/mol. The van der Waals surface area contributed by atoms with Gasteiger partial charge in [0, 0.05) is 44.7 Å². The van der Waals surface area contributed by atoms with E-state index in [1.807, 2.05) is 0 Å². The monoisotopic (exact) mass is 443 g/mol. The highest BCUT2D eigenvalue weighted by molar-refractivity contribution is 6.07. The first kappa shape index (κ1) is 21.9. The summed E-state index contributed by atoms with van der Waals surface area (Å²) >= 11 is 0. The molecule has 3 heterocycles. The van der Waals surface area contributed by atoms with Gasteiger partial charge in [0.25, 0.3) is 5.91 Å². The molecule has 10 nitrogen and oxygen atoms in total. The third-order valence-corrected chi connectivity index (χ3v) is 6.71. The van der Waals surface area contributed by atoms with Crippen LogP contribution in [0.3, 0.4) is 0 Å². The Hall–Kier alpha value is -3.30. The molecule has 3 fully saturated rings. The van der Waals surface area contributed by atoms with Crippen LogP contribution in [0.2, 0.25) is 0 Å². The minimum atomic E-state index is -0.897. The molecule has 0 aromatic heterocycles. The molecule has 3 aliphatic heterocycles. The highest BCUT2D eigenvalue weighted by atomic mass is 16.5. The second kappa shape index (κ2) is 8.68. The van der Waals surface area contributed by atoms with E-state index in [9.17, 15) is 19.2 Å². The number of likely N-dealkylation sites (tertiary alicyclic amines) is 2. The van der Waals surface area contributed by atoms with E-state index in [1.165, 1.54) is 16.9 Å². The molecule has 3 saturated heterocycles. The summed E-state index contributed by atoms with van der Waals surface area (Å²) in [6.07, 6.45) is 3.74. The molecule has 1 radical (unpaired) electrons. The molecule has 1 aromatic rings. The molecule has 0 unspecified atom stereocenters. The Morgan fingerprint density at radius 3 is 2.31 bits per heavy atom. The van der Waals surface area contributed by atoms with E-state index >= 15 is 0 Å². The van der Waals surface area contributed by atoms with Crippen LogP contribution in [-0.2, 0) is 4.79 Å². The second-order valence-corrected chi connectivity index (χ2v) is 8.48. The summed E-state index contributed by atoms with van der Waals surface area (Å²) in [5, 5.41) is 11.4. The van der Waals surface area contributed by atoms with Gasteiger partial charge in [-0.15, -0.1) is 0 Å². The fourth-order valence-electron chi connectivity index (χ4n) is 4.65.